The van der Waals surface area contributed by atoms with Gasteiger partial charge in [-0.3, -0.25) is 9.69 Å². The zero-order valence-corrected chi connectivity index (χ0v) is 13.7. The molecule has 1 atom stereocenters. The molecule has 20 heavy (non-hydrogen) atoms. The second kappa shape index (κ2) is 6.59. The average Bonchev–Trinajstić information content (AvgIpc) is 2.48. The molecule has 110 valence electrons. The monoisotopic (exact) mass is 339 g/mol. The van der Waals surface area contributed by atoms with Crippen molar-refractivity contribution in [1.29, 1.82) is 0 Å². The smallest absolute Gasteiger partial charge is 0.255 e. The number of rotatable bonds is 3. The minimum Gasteiger partial charge on any atom is -0.398 e. The highest BCUT2D eigenvalue weighted by atomic mass is 79.9. The minimum atomic E-state index is 0.0629. The van der Waals surface area contributed by atoms with Gasteiger partial charge in [-0.25, -0.2) is 0 Å². The van der Waals surface area contributed by atoms with E-state index in [-0.39, 0.29) is 5.91 Å². The summed E-state index contributed by atoms with van der Waals surface area (Å²) in [5, 5.41) is 0. The number of anilines is 1. The number of carbonyl (C=O) groups is 1. The number of benzene rings is 1. The van der Waals surface area contributed by atoms with Crippen LogP contribution in [0, 0.1) is 0 Å². The molecule has 1 fully saturated rings. The molecule has 4 nitrogen and oxygen atoms in total. The van der Waals surface area contributed by atoms with Gasteiger partial charge in [0.25, 0.3) is 5.91 Å². The number of nitrogens with two attached hydrogens (primary N) is 1. The Hall–Kier alpha value is -1.07. The van der Waals surface area contributed by atoms with Gasteiger partial charge < -0.3 is 10.6 Å². The van der Waals surface area contributed by atoms with Gasteiger partial charge in [-0.05, 0) is 41.4 Å². The van der Waals surface area contributed by atoms with E-state index in [0.717, 1.165) is 32.6 Å². The first kappa shape index (κ1) is 15.3. The summed E-state index contributed by atoms with van der Waals surface area (Å²) in [6, 6.07) is 6.03. The number of hydrogen-bond acceptors (Lipinski definition) is 3. The van der Waals surface area contributed by atoms with Crippen molar-refractivity contribution in [3.8, 4) is 0 Å². The van der Waals surface area contributed by atoms with Crippen molar-refractivity contribution >= 4 is 27.5 Å². The lowest BCUT2D eigenvalue weighted by Gasteiger charge is -2.38. The van der Waals surface area contributed by atoms with E-state index >= 15 is 0 Å². The summed E-state index contributed by atoms with van der Waals surface area (Å²) in [5.74, 6) is 0.0629. The van der Waals surface area contributed by atoms with Gasteiger partial charge in [0.1, 0.15) is 0 Å². The van der Waals surface area contributed by atoms with Gasteiger partial charge in [0.15, 0.2) is 0 Å². The molecule has 1 aromatic rings. The van der Waals surface area contributed by atoms with Crippen LogP contribution in [0.3, 0.4) is 0 Å². The van der Waals surface area contributed by atoms with E-state index in [1.54, 1.807) is 6.07 Å². The maximum absolute atomic E-state index is 12.5. The molecular formula is C15H22BrN3O. The third-order valence-corrected chi connectivity index (χ3v) is 4.96. The predicted octanol–water partition coefficient (Wildman–Crippen LogP) is 2.59. The molecule has 1 heterocycles. The third-order valence-electron chi connectivity index (χ3n) is 4.07. The van der Waals surface area contributed by atoms with Crippen molar-refractivity contribution < 1.29 is 4.79 Å². The van der Waals surface area contributed by atoms with Crippen molar-refractivity contribution in [1.82, 2.24) is 9.80 Å². The summed E-state index contributed by atoms with van der Waals surface area (Å²) in [6.07, 6.45) is 1.15. The van der Waals surface area contributed by atoms with E-state index < -0.39 is 0 Å². The molecule has 2 rings (SSSR count). The lowest BCUT2D eigenvalue weighted by atomic mass is 10.1. The van der Waals surface area contributed by atoms with E-state index in [1.165, 1.54) is 0 Å². The Labute approximate surface area is 129 Å². The van der Waals surface area contributed by atoms with Crippen LogP contribution in [-0.4, -0.2) is 47.9 Å². The first-order valence-corrected chi connectivity index (χ1v) is 7.91. The summed E-state index contributed by atoms with van der Waals surface area (Å²) in [7, 11) is 0. The zero-order chi connectivity index (χ0) is 14.7. The van der Waals surface area contributed by atoms with Crippen LogP contribution in [0.2, 0.25) is 0 Å². The molecule has 0 saturated carbocycles. The summed E-state index contributed by atoms with van der Waals surface area (Å²) >= 11 is 3.41. The molecule has 1 aromatic carbocycles. The Bertz CT molecular complexity index is 484. The SMILES string of the molecule is CCC(C)N1CCN(C(=O)c2cccc(N)c2Br)CC1. The highest BCUT2D eigenvalue weighted by molar-refractivity contribution is 9.10. The number of piperazine rings is 1. The van der Waals surface area contributed by atoms with E-state index in [4.69, 9.17) is 5.73 Å². The van der Waals surface area contributed by atoms with Crippen molar-refractivity contribution in [2.24, 2.45) is 0 Å². The molecule has 5 heteroatoms. The van der Waals surface area contributed by atoms with E-state index in [2.05, 4.69) is 34.7 Å². The number of hydrogen-bond donors (Lipinski definition) is 1. The number of carbonyl (C=O) groups excluding carboxylic acids is 1. The lowest BCUT2D eigenvalue weighted by Crippen LogP contribution is -2.51. The van der Waals surface area contributed by atoms with Gasteiger partial charge in [-0.2, -0.15) is 0 Å². The van der Waals surface area contributed by atoms with Gasteiger partial charge in [0, 0.05) is 37.9 Å². The van der Waals surface area contributed by atoms with E-state index in [0.29, 0.717) is 21.8 Å². The van der Waals surface area contributed by atoms with Crippen molar-refractivity contribution in [2.75, 3.05) is 31.9 Å². The predicted molar refractivity (Wildman–Crippen MR) is 85.8 cm³/mol. The molecule has 1 saturated heterocycles. The average molecular weight is 340 g/mol. The van der Waals surface area contributed by atoms with E-state index in [9.17, 15) is 4.79 Å². The molecule has 1 aliphatic heterocycles. The summed E-state index contributed by atoms with van der Waals surface area (Å²) < 4.78 is 0.703. The Morgan fingerprint density at radius 1 is 1.35 bits per heavy atom. The van der Waals surface area contributed by atoms with Gasteiger partial charge >= 0.3 is 0 Å². The lowest BCUT2D eigenvalue weighted by molar-refractivity contribution is 0.0579. The number of nitrogens with zero attached hydrogens (tertiary/aromatic N) is 2. The summed E-state index contributed by atoms with van der Waals surface area (Å²) in [4.78, 5) is 16.9. The van der Waals surface area contributed by atoms with Crippen LogP contribution in [0.1, 0.15) is 30.6 Å². The number of amides is 1. The Morgan fingerprint density at radius 2 is 2.00 bits per heavy atom. The topological polar surface area (TPSA) is 49.6 Å². The zero-order valence-electron chi connectivity index (χ0n) is 12.1. The fraction of sp³-hybridized carbons (Fsp3) is 0.533. The molecule has 1 aliphatic rings. The molecule has 0 bridgehead atoms. The molecule has 0 spiro atoms. The van der Waals surface area contributed by atoms with Gasteiger partial charge in [-0.1, -0.05) is 13.0 Å². The van der Waals surface area contributed by atoms with Crippen LogP contribution in [0.4, 0.5) is 5.69 Å². The molecular weight excluding hydrogens is 318 g/mol. The fourth-order valence-electron chi connectivity index (χ4n) is 2.51. The first-order valence-electron chi connectivity index (χ1n) is 7.12. The van der Waals surface area contributed by atoms with Crippen LogP contribution in [-0.2, 0) is 0 Å². The Morgan fingerprint density at radius 3 is 2.60 bits per heavy atom. The highest BCUT2D eigenvalue weighted by Gasteiger charge is 2.25. The summed E-state index contributed by atoms with van der Waals surface area (Å²) in [5.41, 5.74) is 7.10. The largest absolute Gasteiger partial charge is 0.398 e. The Balaban J connectivity index is 2.03. The normalized spacial score (nSPS) is 18.1. The van der Waals surface area contributed by atoms with Crippen LogP contribution < -0.4 is 5.73 Å². The van der Waals surface area contributed by atoms with Gasteiger partial charge in [-0.15, -0.1) is 0 Å². The maximum Gasteiger partial charge on any atom is 0.255 e. The van der Waals surface area contributed by atoms with Crippen molar-refractivity contribution in [2.45, 2.75) is 26.3 Å². The van der Waals surface area contributed by atoms with E-state index in [1.807, 2.05) is 17.0 Å². The van der Waals surface area contributed by atoms with Crippen LogP contribution in [0.5, 0.6) is 0 Å². The third kappa shape index (κ3) is 3.15. The first-order chi connectivity index (χ1) is 9.54. The Kier molecular flexibility index (Phi) is 5.05. The molecule has 2 N–H and O–H groups in total. The maximum atomic E-state index is 12.5. The quantitative estimate of drug-likeness (QED) is 0.861. The molecule has 0 radical (unpaired) electrons. The van der Waals surface area contributed by atoms with Crippen molar-refractivity contribution in [3.05, 3.63) is 28.2 Å². The fourth-order valence-corrected chi connectivity index (χ4v) is 2.94. The second-order valence-corrected chi connectivity index (χ2v) is 6.09. The molecule has 0 aliphatic carbocycles. The molecule has 1 amide bonds. The minimum absolute atomic E-state index is 0.0629. The molecule has 0 aromatic heterocycles. The summed E-state index contributed by atoms with van der Waals surface area (Å²) in [6.45, 7) is 7.90. The highest BCUT2D eigenvalue weighted by Crippen LogP contribution is 2.25. The molecule has 1 unspecified atom stereocenters. The van der Waals surface area contributed by atoms with Gasteiger partial charge in [0.05, 0.1) is 10.0 Å². The van der Waals surface area contributed by atoms with Crippen molar-refractivity contribution in [3.63, 3.8) is 0 Å². The van der Waals surface area contributed by atoms with Crippen LogP contribution >= 0.6 is 15.9 Å². The van der Waals surface area contributed by atoms with Gasteiger partial charge in [0.2, 0.25) is 0 Å². The second-order valence-electron chi connectivity index (χ2n) is 5.29. The van der Waals surface area contributed by atoms with Crippen LogP contribution in [0.15, 0.2) is 22.7 Å². The number of nitrogen functional groups attached to an aromatic ring is 1. The number of halogens is 1. The standard InChI is InChI=1S/C15H22BrN3O/c1-3-11(2)18-7-9-19(10-8-18)15(20)12-5-4-6-13(17)14(12)16/h4-6,11H,3,7-10,17H2,1-2H3. The van der Waals surface area contributed by atoms with Crippen LogP contribution in [0.25, 0.3) is 0 Å².